The molecule has 1 aromatic heterocycles. The molecule has 0 aliphatic heterocycles. The number of nitrogens with zero attached hydrogens (tertiary/aromatic N) is 2. The van der Waals surface area contributed by atoms with Gasteiger partial charge in [0.15, 0.2) is 0 Å². The Hall–Kier alpha value is -1.98. The van der Waals surface area contributed by atoms with Crippen LogP contribution in [0.25, 0.3) is 0 Å². The Labute approximate surface area is 160 Å². The average Bonchev–Trinajstić information content (AvgIpc) is 3.07. The number of carbonyl (C=O) groups is 1. The average molecular weight is 378 g/mol. The molecule has 5 nitrogen and oxygen atoms in total. The van der Waals surface area contributed by atoms with E-state index in [2.05, 4.69) is 16.8 Å². The molecule has 26 heavy (non-hydrogen) atoms. The van der Waals surface area contributed by atoms with Crippen molar-refractivity contribution < 1.29 is 9.53 Å². The van der Waals surface area contributed by atoms with Crippen LogP contribution in [-0.2, 0) is 17.8 Å². The van der Waals surface area contributed by atoms with E-state index in [9.17, 15) is 4.79 Å². The number of hydrogen-bond acceptors (Lipinski definition) is 2. The maximum atomic E-state index is 12.5. The highest BCUT2D eigenvalue weighted by Crippen LogP contribution is 2.18. The van der Waals surface area contributed by atoms with Crippen molar-refractivity contribution in [1.82, 2.24) is 14.8 Å². The monoisotopic (exact) mass is 377 g/mol. The van der Waals surface area contributed by atoms with Crippen LogP contribution in [0, 0.1) is 0 Å². The van der Waals surface area contributed by atoms with Gasteiger partial charge in [-0.3, -0.25) is 0 Å². The van der Waals surface area contributed by atoms with E-state index in [1.54, 1.807) is 12.0 Å². The zero-order valence-corrected chi connectivity index (χ0v) is 16.3. The fourth-order valence-electron chi connectivity index (χ4n) is 2.69. The molecule has 0 saturated heterocycles. The number of amides is 2. The van der Waals surface area contributed by atoms with Gasteiger partial charge in [-0.25, -0.2) is 4.79 Å². The molecule has 6 heteroatoms. The van der Waals surface area contributed by atoms with Gasteiger partial charge >= 0.3 is 6.03 Å². The summed E-state index contributed by atoms with van der Waals surface area (Å²) < 4.78 is 7.29. The number of ether oxygens (including phenoxy) is 1. The molecule has 142 valence electrons. The van der Waals surface area contributed by atoms with Crippen LogP contribution in [0.1, 0.15) is 31.0 Å². The second kappa shape index (κ2) is 10.9. The van der Waals surface area contributed by atoms with E-state index in [4.69, 9.17) is 16.3 Å². The van der Waals surface area contributed by atoms with Crippen LogP contribution in [0.15, 0.2) is 42.6 Å². The number of halogens is 1. The number of carbonyl (C=O) groups excluding carboxylic acids is 1. The summed E-state index contributed by atoms with van der Waals surface area (Å²) in [6.07, 6.45) is 4.05. The molecule has 0 spiro atoms. The predicted octanol–water partition coefficient (Wildman–Crippen LogP) is 4.15. The summed E-state index contributed by atoms with van der Waals surface area (Å²) in [5.74, 6) is 0. The summed E-state index contributed by atoms with van der Waals surface area (Å²) in [7, 11) is 1.65. The summed E-state index contributed by atoms with van der Waals surface area (Å²) in [5, 5.41) is 3.74. The van der Waals surface area contributed by atoms with Gasteiger partial charge in [0, 0.05) is 43.7 Å². The summed E-state index contributed by atoms with van der Waals surface area (Å²) in [4.78, 5) is 14.3. The molecule has 0 radical (unpaired) electrons. The molecule has 0 aliphatic carbocycles. The number of unbranched alkanes of at least 4 members (excludes halogenated alkanes) is 1. The first kappa shape index (κ1) is 20.3. The minimum Gasteiger partial charge on any atom is -0.383 e. The number of rotatable bonds is 10. The highest BCUT2D eigenvalue weighted by molar-refractivity contribution is 6.31. The molecule has 2 rings (SSSR count). The Bertz CT molecular complexity index is 687. The number of methoxy groups -OCH3 is 1. The first-order valence-corrected chi connectivity index (χ1v) is 9.42. The molecule has 2 amide bonds. The van der Waals surface area contributed by atoms with Crippen LogP contribution in [0.5, 0.6) is 0 Å². The second-order valence-corrected chi connectivity index (χ2v) is 6.63. The van der Waals surface area contributed by atoms with Crippen LogP contribution in [-0.4, -0.2) is 42.3 Å². The maximum Gasteiger partial charge on any atom is 0.317 e. The minimum atomic E-state index is -0.0546. The van der Waals surface area contributed by atoms with Crippen LogP contribution in [0.2, 0.25) is 5.02 Å². The first-order chi connectivity index (χ1) is 12.7. The lowest BCUT2D eigenvalue weighted by Crippen LogP contribution is -2.42. The zero-order chi connectivity index (χ0) is 18.8. The fraction of sp³-hybridized carbons (Fsp3) is 0.450. The molecule has 1 heterocycles. The maximum absolute atomic E-state index is 12.5. The van der Waals surface area contributed by atoms with Crippen molar-refractivity contribution in [3.8, 4) is 0 Å². The van der Waals surface area contributed by atoms with Gasteiger partial charge in [-0.05, 0) is 30.2 Å². The smallest absolute Gasteiger partial charge is 0.317 e. The zero-order valence-electron chi connectivity index (χ0n) is 15.6. The van der Waals surface area contributed by atoms with E-state index in [0.29, 0.717) is 32.8 Å². The topological polar surface area (TPSA) is 46.5 Å². The molecule has 1 aromatic carbocycles. The SMILES string of the molecule is CCCCNC(=O)N(CCOC)Cc1cccn1Cc1ccccc1Cl. The van der Waals surface area contributed by atoms with E-state index in [1.165, 1.54) is 0 Å². The van der Waals surface area contributed by atoms with Crippen molar-refractivity contribution >= 4 is 17.6 Å². The predicted molar refractivity (Wildman–Crippen MR) is 106 cm³/mol. The van der Waals surface area contributed by atoms with Gasteiger partial charge in [-0.1, -0.05) is 43.1 Å². The minimum absolute atomic E-state index is 0.0546. The van der Waals surface area contributed by atoms with Crippen molar-refractivity contribution in [2.45, 2.75) is 32.9 Å². The fourth-order valence-corrected chi connectivity index (χ4v) is 2.89. The third-order valence-electron chi connectivity index (χ3n) is 4.23. The lowest BCUT2D eigenvalue weighted by atomic mass is 10.2. The van der Waals surface area contributed by atoms with E-state index in [0.717, 1.165) is 29.1 Å². The number of nitrogens with one attached hydrogen (secondary N) is 1. The Morgan fingerprint density at radius 1 is 1.27 bits per heavy atom. The molecule has 0 bridgehead atoms. The molecule has 0 unspecified atom stereocenters. The van der Waals surface area contributed by atoms with Crippen molar-refractivity contribution in [3.63, 3.8) is 0 Å². The van der Waals surface area contributed by atoms with E-state index in [-0.39, 0.29) is 6.03 Å². The van der Waals surface area contributed by atoms with Gasteiger partial charge in [0.05, 0.1) is 13.2 Å². The summed E-state index contributed by atoms with van der Waals surface area (Å²) in [6.45, 7) is 5.06. The lowest BCUT2D eigenvalue weighted by molar-refractivity contribution is 0.145. The Morgan fingerprint density at radius 2 is 2.08 bits per heavy atom. The van der Waals surface area contributed by atoms with Gasteiger partial charge in [-0.15, -0.1) is 0 Å². The first-order valence-electron chi connectivity index (χ1n) is 9.04. The Morgan fingerprint density at radius 3 is 2.81 bits per heavy atom. The van der Waals surface area contributed by atoms with Crippen molar-refractivity contribution in [1.29, 1.82) is 0 Å². The lowest BCUT2D eigenvalue weighted by Gasteiger charge is -2.24. The standard InChI is InChI=1S/C20H28ClN3O2/c1-3-4-11-22-20(25)24(13-14-26-2)16-18-9-7-12-23(18)15-17-8-5-6-10-19(17)21/h5-10,12H,3-4,11,13-16H2,1-2H3,(H,22,25). The number of urea groups is 1. The quantitative estimate of drug-likeness (QED) is 0.632. The van der Waals surface area contributed by atoms with Crippen LogP contribution in [0.3, 0.4) is 0 Å². The molecule has 0 saturated carbocycles. The van der Waals surface area contributed by atoms with Crippen LogP contribution in [0.4, 0.5) is 4.79 Å². The number of hydrogen-bond donors (Lipinski definition) is 1. The third kappa shape index (κ3) is 6.07. The van der Waals surface area contributed by atoms with Crippen molar-refractivity contribution in [3.05, 3.63) is 58.9 Å². The highest BCUT2D eigenvalue weighted by atomic mass is 35.5. The van der Waals surface area contributed by atoms with Crippen molar-refractivity contribution in [2.75, 3.05) is 26.8 Å². The van der Waals surface area contributed by atoms with Crippen LogP contribution >= 0.6 is 11.6 Å². The van der Waals surface area contributed by atoms with Crippen LogP contribution < -0.4 is 5.32 Å². The van der Waals surface area contributed by atoms with E-state index < -0.39 is 0 Å². The molecule has 0 atom stereocenters. The summed E-state index contributed by atoms with van der Waals surface area (Å²) in [5.41, 5.74) is 2.12. The highest BCUT2D eigenvalue weighted by Gasteiger charge is 2.15. The Balaban J connectivity index is 2.07. The third-order valence-corrected chi connectivity index (χ3v) is 4.60. The number of aromatic nitrogens is 1. The molecule has 0 aliphatic rings. The molecule has 0 fully saturated rings. The molecular weight excluding hydrogens is 350 g/mol. The van der Waals surface area contributed by atoms with Gasteiger partial charge in [-0.2, -0.15) is 0 Å². The summed E-state index contributed by atoms with van der Waals surface area (Å²) in [6, 6.07) is 11.8. The van der Waals surface area contributed by atoms with Gasteiger partial charge in [0.2, 0.25) is 0 Å². The van der Waals surface area contributed by atoms with Gasteiger partial charge in [0.1, 0.15) is 0 Å². The number of benzene rings is 1. The second-order valence-electron chi connectivity index (χ2n) is 6.22. The normalized spacial score (nSPS) is 10.7. The van der Waals surface area contributed by atoms with Gasteiger partial charge in [0.25, 0.3) is 0 Å². The van der Waals surface area contributed by atoms with Crippen molar-refractivity contribution in [2.24, 2.45) is 0 Å². The molecule has 2 aromatic rings. The van der Waals surface area contributed by atoms with E-state index >= 15 is 0 Å². The largest absolute Gasteiger partial charge is 0.383 e. The van der Waals surface area contributed by atoms with E-state index in [1.807, 2.05) is 42.6 Å². The van der Waals surface area contributed by atoms with Gasteiger partial charge < -0.3 is 19.5 Å². The molecular formula is C20H28ClN3O2. The Kier molecular flexibility index (Phi) is 8.51. The molecule has 1 N–H and O–H groups in total. The summed E-state index contributed by atoms with van der Waals surface area (Å²) >= 11 is 6.28.